The van der Waals surface area contributed by atoms with E-state index < -0.39 is 63.7 Å². The van der Waals surface area contributed by atoms with E-state index in [-0.39, 0.29) is 0 Å². The van der Waals surface area contributed by atoms with Crippen molar-refractivity contribution in [1.82, 2.24) is 4.57 Å². The molecule has 0 bridgehead atoms. The third-order valence-corrected chi connectivity index (χ3v) is 10.5. The number of hydrogen-bond donors (Lipinski definition) is 1. The topological polar surface area (TPSA) is 97.7 Å². The number of fused-ring (bicyclic) bond motifs is 2. The number of nitrogens with zero attached hydrogens (tertiary/aromatic N) is 2. The van der Waals surface area contributed by atoms with Crippen molar-refractivity contribution in [3.63, 3.8) is 0 Å². The summed E-state index contributed by atoms with van der Waals surface area (Å²) in [5, 5.41) is 1.67. The van der Waals surface area contributed by atoms with Gasteiger partial charge in [0.25, 0.3) is 0 Å². The van der Waals surface area contributed by atoms with E-state index in [1.54, 1.807) is 48.5 Å². The number of para-hydroxylation sites is 1. The van der Waals surface area contributed by atoms with Crippen molar-refractivity contribution in [1.29, 1.82) is 0 Å². The molecule has 2 aliphatic rings. The summed E-state index contributed by atoms with van der Waals surface area (Å²) in [5.74, 6) is -2.72. The number of thioether (sulfide) groups is 1. The summed E-state index contributed by atoms with van der Waals surface area (Å²) in [6.07, 6.45) is -4.70. The smallest absolute Gasteiger partial charge is 0.418 e. The van der Waals surface area contributed by atoms with E-state index in [1.807, 2.05) is 0 Å². The molecule has 44 heavy (non-hydrogen) atoms. The predicted octanol–water partition coefficient (Wildman–Crippen LogP) is 6.13. The highest BCUT2D eigenvalue weighted by Gasteiger charge is 2.56. The number of carbonyl (C=O) groups excluding carboxylic acids is 3. The van der Waals surface area contributed by atoms with Gasteiger partial charge in [0.1, 0.15) is 17.5 Å². The first kappa shape index (κ1) is 30.2. The molecule has 226 valence electrons. The number of imide groups is 1. The third-order valence-electron chi connectivity index (χ3n) is 7.42. The minimum atomic E-state index is -4.70. The molecule has 6 rings (SSSR count). The molecule has 0 spiro atoms. The molecule has 3 atom stereocenters. The lowest BCUT2D eigenvalue weighted by molar-refractivity contribution is -0.137. The average Bonchev–Trinajstić information content (AvgIpc) is 3.43. The Morgan fingerprint density at radius 3 is 2.32 bits per heavy atom. The predicted molar refractivity (Wildman–Crippen MR) is 163 cm³/mol. The molecule has 8 nitrogen and oxygen atoms in total. The Balaban J connectivity index is 1.40. The molecular formula is C30H21BrF3N3O5S2. The standard InChI is InChI=1S/C30H21BrF3N3O5S2/c1-42-18-12-6-15(7-13-18)22-23-24(27(40)37(26(23)39)17-10-8-16(31)9-11-17)43-28-25(22)44-29(41)36(28)14-21(38)35-20-5-3-2-4-19(20)30(32,33)34/h2-13,22-24H,14H2,1H3,(H,35,38)/t22-,23?,24?/m1/s1. The molecular weight excluding hydrogens is 683 g/mol. The molecule has 2 unspecified atom stereocenters. The zero-order valence-corrected chi connectivity index (χ0v) is 25.9. The lowest BCUT2D eigenvalue weighted by Gasteiger charge is -2.30. The lowest BCUT2D eigenvalue weighted by atomic mass is 9.83. The molecule has 4 aromatic rings. The fraction of sp³-hybridized carbons (Fsp3) is 0.200. The number of nitrogens with one attached hydrogen (secondary N) is 1. The molecule has 1 fully saturated rings. The largest absolute Gasteiger partial charge is 0.497 e. The highest BCUT2D eigenvalue weighted by molar-refractivity contribution is 9.10. The number of halogens is 4. The zero-order valence-electron chi connectivity index (χ0n) is 22.6. The maximum Gasteiger partial charge on any atom is 0.418 e. The van der Waals surface area contributed by atoms with E-state index >= 15 is 0 Å². The van der Waals surface area contributed by atoms with Crippen molar-refractivity contribution in [3.8, 4) is 5.75 Å². The summed E-state index contributed by atoms with van der Waals surface area (Å²) < 4.78 is 47.7. The van der Waals surface area contributed by atoms with Crippen molar-refractivity contribution >= 4 is 68.1 Å². The number of carbonyl (C=O) groups is 3. The fourth-order valence-corrected chi connectivity index (χ4v) is 8.48. The van der Waals surface area contributed by atoms with E-state index in [9.17, 15) is 32.3 Å². The summed E-state index contributed by atoms with van der Waals surface area (Å²) in [5.41, 5.74) is -0.395. The van der Waals surface area contributed by atoms with Gasteiger partial charge in [-0.15, -0.1) is 0 Å². The number of thiazole rings is 1. The Bertz CT molecular complexity index is 1840. The minimum Gasteiger partial charge on any atom is -0.497 e. The van der Waals surface area contributed by atoms with Crippen molar-refractivity contribution < 1.29 is 32.3 Å². The second-order valence-electron chi connectivity index (χ2n) is 10.0. The van der Waals surface area contributed by atoms with Crippen LogP contribution in [-0.4, -0.2) is 34.6 Å². The van der Waals surface area contributed by atoms with E-state index in [1.165, 1.54) is 19.2 Å². The van der Waals surface area contributed by atoms with Crippen molar-refractivity contribution in [3.05, 3.63) is 103 Å². The van der Waals surface area contributed by atoms with Crippen LogP contribution in [0.15, 0.2) is 87.1 Å². The SMILES string of the molecule is COc1ccc([C@H]2c3sc(=O)n(CC(=O)Nc4ccccc4C(F)(F)F)c3SC3C(=O)N(c4ccc(Br)cc4)C(=O)C32)cc1. The molecule has 0 radical (unpaired) electrons. The first-order chi connectivity index (χ1) is 21.0. The number of anilines is 2. The Labute approximate surface area is 265 Å². The quantitative estimate of drug-likeness (QED) is 0.243. The molecule has 3 amide bonds. The Kier molecular flexibility index (Phi) is 7.92. The van der Waals surface area contributed by atoms with Gasteiger partial charge in [-0.05, 0) is 54.1 Å². The van der Waals surface area contributed by atoms with Crippen LogP contribution in [0.5, 0.6) is 5.75 Å². The third kappa shape index (κ3) is 5.35. The number of hydrogen-bond acceptors (Lipinski definition) is 7. The maximum absolute atomic E-state index is 14.0. The van der Waals surface area contributed by atoms with Crippen molar-refractivity contribution in [2.45, 2.75) is 28.9 Å². The number of rotatable bonds is 6. The summed E-state index contributed by atoms with van der Waals surface area (Å²) >= 11 is 5.22. The van der Waals surface area contributed by atoms with Crippen LogP contribution in [0.4, 0.5) is 24.5 Å². The highest BCUT2D eigenvalue weighted by atomic mass is 79.9. The number of alkyl halides is 3. The van der Waals surface area contributed by atoms with Crippen LogP contribution in [0.2, 0.25) is 0 Å². The van der Waals surface area contributed by atoms with E-state index in [4.69, 9.17) is 4.74 Å². The lowest BCUT2D eigenvalue weighted by Crippen LogP contribution is -2.33. The van der Waals surface area contributed by atoms with Crippen LogP contribution in [0.3, 0.4) is 0 Å². The van der Waals surface area contributed by atoms with Crippen LogP contribution in [0.25, 0.3) is 0 Å². The van der Waals surface area contributed by atoms with E-state index in [2.05, 4.69) is 21.2 Å². The van der Waals surface area contributed by atoms with Gasteiger partial charge in [-0.2, -0.15) is 13.2 Å². The number of amides is 3. The van der Waals surface area contributed by atoms with Crippen LogP contribution < -0.4 is 19.8 Å². The first-order valence-corrected chi connectivity index (χ1v) is 15.6. The van der Waals surface area contributed by atoms with Gasteiger partial charge < -0.3 is 10.1 Å². The van der Waals surface area contributed by atoms with Gasteiger partial charge in [0.15, 0.2) is 0 Å². The summed E-state index contributed by atoms with van der Waals surface area (Å²) in [6.45, 7) is -0.588. The van der Waals surface area contributed by atoms with Gasteiger partial charge in [0, 0.05) is 15.3 Å². The molecule has 1 aromatic heterocycles. The first-order valence-electron chi connectivity index (χ1n) is 13.1. The van der Waals surface area contributed by atoms with Crippen molar-refractivity contribution in [2.75, 3.05) is 17.3 Å². The number of ether oxygens (including phenoxy) is 1. The molecule has 14 heteroatoms. The van der Waals surface area contributed by atoms with Gasteiger partial charge in [-0.1, -0.05) is 63.3 Å². The number of methoxy groups -OCH3 is 1. The second-order valence-corrected chi connectivity index (χ2v) is 13.1. The number of aromatic nitrogens is 1. The average molecular weight is 705 g/mol. The summed E-state index contributed by atoms with van der Waals surface area (Å²) in [6, 6.07) is 18.2. The Morgan fingerprint density at radius 2 is 1.66 bits per heavy atom. The second kappa shape index (κ2) is 11.6. The van der Waals surface area contributed by atoms with Crippen LogP contribution in [-0.2, 0) is 27.1 Å². The van der Waals surface area contributed by atoms with E-state index in [0.29, 0.717) is 26.9 Å². The van der Waals surface area contributed by atoms with Gasteiger partial charge in [-0.3, -0.25) is 23.7 Å². The monoisotopic (exact) mass is 703 g/mol. The van der Waals surface area contributed by atoms with E-state index in [0.717, 1.165) is 49.2 Å². The van der Waals surface area contributed by atoms with Gasteiger partial charge in [0.2, 0.25) is 17.7 Å². The molecule has 3 heterocycles. The molecule has 1 saturated heterocycles. The summed E-state index contributed by atoms with van der Waals surface area (Å²) in [7, 11) is 1.51. The number of benzene rings is 3. The fourth-order valence-electron chi connectivity index (χ4n) is 5.44. The molecule has 1 N–H and O–H groups in total. The van der Waals surface area contributed by atoms with Crippen LogP contribution in [0, 0.1) is 5.92 Å². The van der Waals surface area contributed by atoms with Gasteiger partial charge in [0.05, 0.1) is 35.0 Å². The molecule has 3 aromatic carbocycles. The zero-order chi connectivity index (χ0) is 31.3. The minimum absolute atomic E-state index is 0.320. The normalized spacial score (nSPS) is 19.5. The van der Waals surface area contributed by atoms with Crippen LogP contribution >= 0.6 is 39.0 Å². The molecule has 0 saturated carbocycles. The van der Waals surface area contributed by atoms with Gasteiger partial charge in [-0.25, -0.2) is 4.90 Å². The van der Waals surface area contributed by atoms with Gasteiger partial charge >= 0.3 is 11.0 Å². The Morgan fingerprint density at radius 1 is 0.977 bits per heavy atom. The summed E-state index contributed by atoms with van der Waals surface area (Å²) in [4.78, 5) is 55.2. The van der Waals surface area contributed by atoms with Crippen molar-refractivity contribution in [2.24, 2.45) is 5.92 Å². The molecule has 0 aliphatic carbocycles. The maximum atomic E-state index is 14.0. The van der Waals surface area contributed by atoms with Crippen LogP contribution in [0.1, 0.15) is 21.9 Å². The Hall–Kier alpha value is -3.88. The highest BCUT2D eigenvalue weighted by Crippen LogP contribution is 2.54. The molecule has 2 aliphatic heterocycles.